The summed E-state index contributed by atoms with van der Waals surface area (Å²) in [5.74, 6) is 4.03. The Kier molecular flexibility index (Phi) is 4.90. The van der Waals surface area contributed by atoms with Gasteiger partial charge in [-0.3, -0.25) is 0 Å². The highest BCUT2D eigenvalue weighted by Crippen LogP contribution is 2.74. The number of allylic oxidation sites excluding steroid dienone is 4. The normalized spacial score (nSPS) is 54.6. The number of hydrogen-bond acceptors (Lipinski definition) is 2. The molecule has 10 atom stereocenters. The van der Waals surface area contributed by atoms with Gasteiger partial charge in [0.1, 0.15) is 0 Å². The van der Waals surface area contributed by atoms with Crippen LogP contribution in [0.3, 0.4) is 0 Å². The van der Waals surface area contributed by atoms with E-state index in [1.807, 2.05) is 0 Å². The molecular formula is C33H49NO. The van der Waals surface area contributed by atoms with Crippen LogP contribution >= 0.6 is 0 Å². The van der Waals surface area contributed by atoms with Crippen LogP contribution in [0.5, 0.6) is 0 Å². The van der Waals surface area contributed by atoms with Crippen molar-refractivity contribution in [1.82, 2.24) is 5.32 Å². The van der Waals surface area contributed by atoms with Crippen LogP contribution in [0.2, 0.25) is 0 Å². The molecule has 2 saturated heterocycles. The summed E-state index contributed by atoms with van der Waals surface area (Å²) in [5.41, 5.74) is 7.66. The van der Waals surface area contributed by atoms with Crippen LogP contribution in [0.15, 0.2) is 34.9 Å². The van der Waals surface area contributed by atoms with E-state index in [-0.39, 0.29) is 17.2 Å². The average molecular weight is 476 g/mol. The quantitative estimate of drug-likeness (QED) is 0.405. The first-order valence-corrected chi connectivity index (χ1v) is 15.1. The van der Waals surface area contributed by atoms with Gasteiger partial charge in [0, 0.05) is 11.1 Å². The summed E-state index contributed by atoms with van der Waals surface area (Å²) >= 11 is 0. The van der Waals surface area contributed by atoms with Crippen molar-refractivity contribution in [3.63, 3.8) is 0 Å². The Morgan fingerprint density at radius 3 is 2.63 bits per heavy atom. The fraction of sp³-hybridized carbons (Fsp3) is 0.818. The highest BCUT2D eigenvalue weighted by Gasteiger charge is 2.74. The summed E-state index contributed by atoms with van der Waals surface area (Å²) in [4.78, 5) is 0. The first-order valence-electron chi connectivity index (χ1n) is 15.1. The van der Waals surface area contributed by atoms with E-state index in [9.17, 15) is 5.11 Å². The molecule has 4 saturated carbocycles. The molecule has 0 aromatic rings. The summed E-state index contributed by atoms with van der Waals surface area (Å²) < 4.78 is 0. The second-order valence-corrected chi connectivity index (χ2v) is 15.0. The average Bonchev–Trinajstić information content (AvgIpc) is 3.27. The highest BCUT2D eigenvalue weighted by molar-refractivity contribution is 5.45. The first kappa shape index (κ1) is 23.3. The third-order valence-electron chi connectivity index (χ3n) is 13.7. The zero-order valence-corrected chi connectivity index (χ0v) is 22.9. The van der Waals surface area contributed by atoms with Crippen LogP contribution in [0.4, 0.5) is 0 Å². The van der Waals surface area contributed by atoms with Crippen molar-refractivity contribution in [1.29, 1.82) is 0 Å². The Hall–Kier alpha value is -0.860. The molecule has 0 aromatic carbocycles. The maximum absolute atomic E-state index is 10.7. The molecule has 2 bridgehead atoms. The Morgan fingerprint density at radius 2 is 1.83 bits per heavy atom. The van der Waals surface area contributed by atoms with Gasteiger partial charge in [-0.05, 0) is 150 Å². The number of hydrogen-bond donors (Lipinski definition) is 2. The molecule has 2 aliphatic heterocycles. The predicted octanol–water partition coefficient (Wildman–Crippen LogP) is 7.49. The highest BCUT2D eigenvalue weighted by atomic mass is 16.3. The summed E-state index contributed by atoms with van der Waals surface area (Å²) in [6.07, 6.45) is 19.5. The van der Waals surface area contributed by atoms with Crippen LogP contribution in [0.25, 0.3) is 0 Å². The van der Waals surface area contributed by atoms with Crippen LogP contribution in [0.1, 0.15) is 111 Å². The van der Waals surface area contributed by atoms with Crippen LogP contribution in [-0.2, 0) is 0 Å². The third kappa shape index (κ3) is 2.91. The molecule has 192 valence electrons. The van der Waals surface area contributed by atoms with Crippen molar-refractivity contribution < 1.29 is 5.11 Å². The third-order valence-corrected chi connectivity index (χ3v) is 13.7. The molecule has 10 unspecified atom stereocenters. The molecule has 1 spiro atoms. The fourth-order valence-electron chi connectivity index (χ4n) is 12.0. The largest absolute Gasteiger partial charge is 0.393 e. The fourth-order valence-corrected chi connectivity index (χ4v) is 12.0. The maximum atomic E-state index is 10.7. The molecule has 2 heterocycles. The zero-order valence-electron chi connectivity index (χ0n) is 22.9. The van der Waals surface area contributed by atoms with Gasteiger partial charge in [0.25, 0.3) is 0 Å². The number of aliphatic hydroxyl groups is 1. The van der Waals surface area contributed by atoms with Crippen molar-refractivity contribution in [3.05, 3.63) is 34.9 Å². The van der Waals surface area contributed by atoms with Gasteiger partial charge in [0.05, 0.1) is 6.10 Å². The molecule has 6 fully saturated rings. The number of aliphatic hydroxyl groups excluding tert-OH is 1. The van der Waals surface area contributed by atoms with E-state index in [1.54, 1.807) is 16.7 Å². The molecule has 2 N–H and O–H groups in total. The first-order chi connectivity index (χ1) is 16.6. The van der Waals surface area contributed by atoms with Crippen LogP contribution in [0, 0.1) is 40.4 Å². The second-order valence-electron chi connectivity index (χ2n) is 15.0. The van der Waals surface area contributed by atoms with Gasteiger partial charge < -0.3 is 10.4 Å². The molecule has 5 aliphatic carbocycles. The topological polar surface area (TPSA) is 32.3 Å². The van der Waals surface area contributed by atoms with Crippen LogP contribution < -0.4 is 5.32 Å². The van der Waals surface area contributed by atoms with Gasteiger partial charge in [-0.1, -0.05) is 36.3 Å². The standard InChI is InChI=1S/C33H49NO/c1-20(2)22-8-10-30(4)19-26(14-21(3)28(30)16-22)32-11-9-24-17-25-15-23-6-7-27(35)18-29(23)33(25,13-12-32)31(24,5)34-32/h14,22-25,27,29,34-35H,1,6-13,15-19H2,2-5H3. The lowest BCUT2D eigenvalue weighted by Gasteiger charge is -2.65. The Labute approximate surface area is 214 Å². The molecule has 0 amide bonds. The van der Waals surface area contributed by atoms with E-state index < -0.39 is 0 Å². The number of piperidine rings is 2. The van der Waals surface area contributed by atoms with E-state index in [1.165, 1.54) is 76.2 Å². The lowest BCUT2D eigenvalue weighted by Crippen LogP contribution is -2.73. The number of nitrogens with one attached hydrogen (secondary N) is 1. The molecule has 2 nitrogen and oxygen atoms in total. The molecule has 35 heavy (non-hydrogen) atoms. The van der Waals surface area contributed by atoms with E-state index in [0.29, 0.717) is 16.7 Å². The lowest BCUT2D eigenvalue weighted by atomic mass is 9.49. The summed E-state index contributed by atoms with van der Waals surface area (Å²) in [6.45, 7) is 14.2. The Morgan fingerprint density at radius 1 is 1.00 bits per heavy atom. The maximum Gasteiger partial charge on any atom is 0.0543 e. The van der Waals surface area contributed by atoms with E-state index in [0.717, 1.165) is 36.5 Å². The lowest BCUT2D eigenvalue weighted by molar-refractivity contribution is -0.0883. The minimum Gasteiger partial charge on any atom is -0.393 e. The Bertz CT molecular complexity index is 1020. The van der Waals surface area contributed by atoms with E-state index in [4.69, 9.17) is 0 Å². The molecule has 0 radical (unpaired) electrons. The minimum absolute atomic E-state index is 0.0520. The van der Waals surface area contributed by atoms with Crippen LogP contribution in [-0.4, -0.2) is 22.3 Å². The van der Waals surface area contributed by atoms with Gasteiger partial charge in [-0.2, -0.15) is 0 Å². The molecule has 7 rings (SSSR count). The SMILES string of the molecule is C=C(C)C1CCC2(C)CC(C34CCC5CC6CC7CCC(O)CC7C6(CC3)C5(C)N4)=CC(C)=C2C1. The van der Waals surface area contributed by atoms with E-state index >= 15 is 0 Å². The van der Waals surface area contributed by atoms with Gasteiger partial charge in [-0.25, -0.2) is 0 Å². The number of fused-ring (bicyclic) bond motifs is 3. The van der Waals surface area contributed by atoms with Crippen molar-refractivity contribution in [3.8, 4) is 0 Å². The summed E-state index contributed by atoms with van der Waals surface area (Å²) in [5, 5.41) is 15.3. The minimum atomic E-state index is -0.0520. The molecular weight excluding hydrogens is 426 g/mol. The number of rotatable bonds is 2. The molecule has 0 aromatic heterocycles. The van der Waals surface area contributed by atoms with Crippen molar-refractivity contribution in [2.24, 2.45) is 40.4 Å². The molecule has 7 aliphatic rings. The molecule has 2 heteroatoms. The zero-order chi connectivity index (χ0) is 24.4. The van der Waals surface area contributed by atoms with Gasteiger partial charge in [0.2, 0.25) is 0 Å². The van der Waals surface area contributed by atoms with E-state index in [2.05, 4.69) is 45.7 Å². The van der Waals surface area contributed by atoms with Crippen molar-refractivity contribution >= 4 is 0 Å². The smallest absolute Gasteiger partial charge is 0.0543 e. The van der Waals surface area contributed by atoms with Gasteiger partial charge in [0.15, 0.2) is 0 Å². The predicted molar refractivity (Wildman–Crippen MR) is 144 cm³/mol. The Balaban J connectivity index is 1.25. The van der Waals surface area contributed by atoms with Gasteiger partial charge in [-0.15, -0.1) is 0 Å². The van der Waals surface area contributed by atoms with Gasteiger partial charge >= 0.3 is 0 Å². The second kappa shape index (κ2) is 7.37. The summed E-state index contributed by atoms with van der Waals surface area (Å²) in [6, 6.07) is 0. The van der Waals surface area contributed by atoms with Crippen molar-refractivity contribution in [2.75, 3.05) is 0 Å². The monoisotopic (exact) mass is 475 g/mol. The summed E-state index contributed by atoms with van der Waals surface area (Å²) in [7, 11) is 0. The van der Waals surface area contributed by atoms with Crippen molar-refractivity contribution in [2.45, 2.75) is 128 Å².